The predicted octanol–water partition coefficient (Wildman–Crippen LogP) is 1.96. The molecule has 2 N–H and O–H groups in total. The highest BCUT2D eigenvalue weighted by Gasteiger charge is 2.33. The van der Waals surface area contributed by atoms with Crippen molar-refractivity contribution in [1.29, 1.82) is 0 Å². The Morgan fingerprint density at radius 2 is 2.12 bits per heavy atom. The number of nitrogens with zero attached hydrogens (tertiary/aromatic N) is 2. The Bertz CT molecular complexity index is 716. The molecule has 1 unspecified atom stereocenters. The first-order valence-corrected chi connectivity index (χ1v) is 8.83. The number of likely N-dealkylation sites (N-methyl/N-ethyl adjacent to an activating group) is 1. The van der Waals surface area contributed by atoms with Crippen molar-refractivity contribution in [3.63, 3.8) is 0 Å². The van der Waals surface area contributed by atoms with Crippen LogP contribution in [-0.4, -0.2) is 47.9 Å². The molecule has 2 heterocycles. The number of nitrogens with one attached hydrogen (secondary N) is 2. The smallest absolute Gasteiger partial charge is 0.242 e. The summed E-state index contributed by atoms with van der Waals surface area (Å²) in [6.07, 6.45) is 1.58. The van der Waals surface area contributed by atoms with Gasteiger partial charge >= 0.3 is 0 Å². The average Bonchev–Trinajstić information content (AvgIpc) is 3.29. The zero-order valence-corrected chi connectivity index (χ0v) is 14.3. The summed E-state index contributed by atoms with van der Waals surface area (Å²) < 4.78 is 0. The van der Waals surface area contributed by atoms with Crippen LogP contribution >= 0.6 is 11.3 Å². The molecule has 24 heavy (non-hydrogen) atoms. The summed E-state index contributed by atoms with van der Waals surface area (Å²) in [7, 11) is 1.60. The molecule has 0 spiro atoms. The van der Waals surface area contributed by atoms with Crippen LogP contribution in [-0.2, 0) is 9.59 Å². The first kappa shape index (κ1) is 16.4. The number of rotatable bonds is 5. The zero-order valence-electron chi connectivity index (χ0n) is 13.5. The number of thiazole rings is 1. The minimum absolute atomic E-state index is 0.0717. The fourth-order valence-electron chi connectivity index (χ4n) is 2.85. The molecule has 1 aromatic heterocycles. The van der Waals surface area contributed by atoms with Gasteiger partial charge in [0, 0.05) is 24.5 Å². The summed E-state index contributed by atoms with van der Waals surface area (Å²) in [4.78, 5) is 30.4. The molecule has 0 bridgehead atoms. The molecule has 1 aromatic carbocycles. The van der Waals surface area contributed by atoms with Crippen molar-refractivity contribution in [2.75, 3.05) is 25.5 Å². The fraction of sp³-hybridized carbons (Fsp3) is 0.353. The molecule has 126 valence electrons. The number of carbonyl (C=O) groups excluding carboxylic acids is 2. The second-order valence-corrected chi connectivity index (χ2v) is 6.47. The van der Waals surface area contributed by atoms with E-state index in [-0.39, 0.29) is 24.4 Å². The van der Waals surface area contributed by atoms with Crippen LogP contribution < -0.4 is 10.6 Å². The first-order chi connectivity index (χ1) is 11.7. The van der Waals surface area contributed by atoms with E-state index >= 15 is 0 Å². The molecule has 0 radical (unpaired) electrons. The number of amides is 2. The molecule has 1 aliphatic heterocycles. The third kappa shape index (κ3) is 3.56. The van der Waals surface area contributed by atoms with Crippen LogP contribution in [0.1, 0.15) is 12.8 Å². The summed E-state index contributed by atoms with van der Waals surface area (Å²) in [6.45, 7) is 0.779. The Hall–Kier alpha value is -2.41. The minimum atomic E-state index is -0.347. The lowest BCUT2D eigenvalue weighted by atomic mass is 10.2. The van der Waals surface area contributed by atoms with Crippen LogP contribution in [0.4, 0.5) is 5.13 Å². The SMILES string of the molecule is CNC(=O)C1CCCN1C(=O)CNc1nc(-c2ccccc2)cs1. The van der Waals surface area contributed by atoms with Gasteiger partial charge in [-0.25, -0.2) is 4.98 Å². The maximum absolute atomic E-state index is 12.4. The second-order valence-electron chi connectivity index (χ2n) is 5.62. The average molecular weight is 344 g/mol. The van der Waals surface area contributed by atoms with Crippen LogP contribution in [0.5, 0.6) is 0 Å². The largest absolute Gasteiger partial charge is 0.357 e. The number of aromatic nitrogens is 1. The third-order valence-electron chi connectivity index (χ3n) is 4.09. The molecule has 1 fully saturated rings. The van der Waals surface area contributed by atoms with E-state index in [4.69, 9.17) is 0 Å². The Morgan fingerprint density at radius 3 is 2.88 bits per heavy atom. The van der Waals surface area contributed by atoms with Gasteiger partial charge in [0.05, 0.1) is 12.2 Å². The highest BCUT2D eigenvalue weighted by molar-refractivity contribution is 7.14. The van der Waals surface area contributed by atoms with Crippen molar-refractivity contribution in [2.45, 2.75) is 18.9 Å². The van der Waals surface area contributed by atoms with E-state index in [0.29, 0.717) is 11.7 Å². The van der Waals surface area contributed by atoms with E-state index in [1.807, 2.05) is 35.7 Å². The van der Waals surface area contributed by atoms with Crippen molar-refractivity contribution in [2.24, 2.45) is 0 Å². The monoisotopic (exact) mass is 344 g/mol. The maximum atomic E-state index is 12.4. The molecular weight excluding hydrogens is 324 g/mol. The summed E-state index contributed by atoms with van der Waals surface area (Å²) in [6, 6.07) is 9.56. The molecule has 6 nitrogen and oxygen atoms in total. The van der Waals surface area contributed by atoms with Crippen molar-refractivity contribution in [3.05, 3.63) is 35.7 Å². The fourth-order valence-corrected chi connectivity index (χ4v) is 3.57. The van der Waals surface area contributed by atoms with Crippen LogP contribution in [0.25, 0.3) is 11.3 Å². The molecule has 0 aliphatic carbocycles. The van der Waals surface area contributed by atoms with Gasteiger partial charge in [0.2, 0.25) is 11.8 Å². The van der Waals surface area contributed by atoms with Gasteiger partial charge in [-0.1, -0.05) is 30.3 Å². The normalized spacial score (nSPS) is 16.9. The highest BCUT2D eigenvalue weighted by Crippen LogP contribution is 2.24. The van der Waals surface area contributed by atoms with Crippen molar-refractivity contribution < 1.29 is 9.59 Å². The van der Waals surface area contributed by atoms with Gasteiger partial charge in [-0.3, -0.25) is 9.59 Å². The Morgan fingerprint density at radius 1 is 1.33 bits per heavy atom. The van der Waals surface area contributed by atoms with E-state index in [2.05, 4.69) is 15.6 Å². The number of anilines is 1. The van der Waals surface area contributed by atoms with Crippen LogP contribution in [0.15, 0.2) is 35.7 Å². The molecule has 1 saturated heterocycles. The van der Waals surface area contributed by atoms with E-state index in [1.54, 1.807) is 11.9 Å². The van der Waals surface area contributed by atoms with Crippen molar-refractivity contribution in [3.8, 4) is 11.3 Å². The van der Waals surface area contributed by atoms with E-state index in [1.165, 1.54) is 11.3 Å². The molecule has 0 saturated carbocycles. The van der Waals surface area contributed by atoms with Gasteiger partial charge in [0.15, 0.2) is 5.13 Å². The summed E-state index contributed by atoms with van der Waals surface area (Å²) in [5.41, 5.74) is 1.94. The second kappa shape index (κ2) is 7.44. The topological polar surface area (TPSA) is 74.3 Å². The van der Waals surface area contributed by atoms with Gasteiger partial charge in [-0.2, -0.15) is 0 Å². The zero-order chi connectivity index (χ0) is 16.9. The van der Waals surface area contributed by atoms with Gasteiger partial charge in [-0.15, -0.1) is 11.3 Å². The quantitative estimate of drug-likeness (QED) is 0.869. The summed E-state index contributed by atoms with van der Waals surface area (Å²) in [5.74, 6) is -0.168. The van der Waals surface area contributed by atoms with Crippen LogP contribution in [0, 0.1) is 0 Å². The van der Waals surface area contributed by atoms with E-state index in [9.17, 15) is 9.59 Å². The lowest BCUT2D eigenvalue weighted by Gasteiger charge is -2.23. The summed E-state index contributed by atoms with van der Waals surface area (Å²) in [5, 5.41) is 8.37. The van der Waals surface area contributed by atoms with Crippen molar-refractivity contribution >= 4 is 28.3 Å². The lowest BCUT2D eigenvalue weighted by Crippen LogP contribution is -2.46. The molecule has 7 heteroatoms. The lowest BCUT2D eigenvalue weighted by molar-refractivity contribution is -0.136. The van der Waals surface area contributed by atoms with Gasteiger partial charge < -0.3 is 15.5 Å². The van der Waals surface area contributed by atoms with E-state index in [0.717, 1.165) is 24.1 Å². The highest BCUT2D eigenvalue weighted by atomic mass is 32.1. The van der Waals surface area contributed by atoms with Crippen LogP contribution in [0.2, 0.25) is 0 Å². The van der Waals surface area contributed by atoms with Gasteiger partial charge in [0.25, 0.3) is 0 Å². The standard InChI is InChI=1S/C17H20N4O2S/c1-18-16(23)14-8-5-9-21(14)15(22)10-19-17-20-13(11-24-17)12-6-3-2-4-7-12/h2-4,6-7,11,14H,5,8-10H2,1H3,(H,18,23)(H,19,20). The van der Waals surface area contributed by atoms with Gasteiger partial charge in [-0.05, 0) is 12.8 Å². The Kier molecular flexibility index (Phi) is 5.10. The molecule has 3 rings (SSSR count). The Labute approximate surface area is 144 Å². The molecule has 1 atom stereocenters. The number of benzene rings is 1. The molecule has 1 aliphatic rings. The van der Waals surface area contributed by atoms with Crippen molar-refractivity contribution in [1.82, 2.24) is 15.2 Å². The maximum Gasteiger partial charge on any atom is 0.242 e. The molecule has 2 aromatic rings. The number of likely N-dealkylation sites (tertiary alicyclic amines) is 1. The number of hydrogen-bond acceptors (Lipinski definition) is 5. The third-order valence-corrected chi connectivity index (χ3v) is 4.89. The Balaban J connectivity index is 1.59. The predicted molar refractivity (Wildman–Crippen MR) is 94.8 cm³/mol. The number of hydrogen-bond donors (Lipinski definition) is 2. The molecular formula is C17H20N4O2S. The first-order valence-electron chi connectivity index (χ1n) is 7.95. The minimum Gasteiger partial charge on any atom is -0.357 e. The van der Waals surface area contributed by atoms with Crippen LogP contribution in [0.3, 0.4) is 0 Å². The summed E-state index contributed by atoms with van der Waals surface area (Å²) >= 11 is 1.47. The van der Waals surface area contributed by atoms with E-state index < -0.39 is 0 Å². The van der Waals surface area contributed by atoms with Gasteiger partial charge in [0.1, 0.15) is 6.04 Å². The molecule has 2 amide bonds. The number of carbonyl (C=O) groups is 2.